The van der Waals surface area contributed by atoms with Crippen molar-refractivity contribution in [1.29, 1.82) is 0 Å². The Labute approximate surface area is 75.5 Å². The monoisotopic (exact) mass is 157 g/mol. The molecule has 0 radical (unpaired) electrons. The van der Waals surface area contributed by atoms with Crippen molar-refractivity contribution in [3.63, 3.8) is 0 Å². The first-order valence-corrected chi connectivity index (χ1v) is 3.16. The first-order chi connectivity index (χ1) is 7.66. The number of anilines is 1. The van der Waals surface area contributed by atoms with Crippen molar-refractivity contribution in [2.75, 3.05) is 18.9 Å². The number of aliphatic hydroxyl groups is 1. The second-order valence-electron chi connectivity index (χ2n) is 2.16. The molecule has 0 atom stereocenters. The Bertz CT molecular complexity index is 372. The topological polar surface area (TPSA) is 23.5 Å². The van der Waals surface area contributed by atoms with E-state index in [4.69, 9.17) is 13.3 Å². The lowest BCUT2D eigenvalue weighted by molar-refractivity contribution is 0.282. The summed E-state index contributed by atoms with van der Waals surface area (Å²) in [4.78, 5) is 0.388. The largest absolute Gasteiger partial charge is 0.392 e. The minimum Gasteiger partial charge on any atom is -0.392 e. The van der Waals surface area contributed by atoms with E-state index in [9.17, 15) is 0 Å². The van der Waals surface area contributed by atoms with Gasteiger partial charge in [0.2, 0.25) is 0 Å². The molecular formula is C9H13NO. The van der Waals surface area contributed by atoms with Crippen LogP contribution in [0.2, 0.25) is 0 Å². The Balaban J connectivity index is 3.23. The van der Waals surface area contributed by atoms with Crippen LogP contribution in [0.4, 0.5) is 5.69 Å². The minimum atomic E-state index is -2.76. The molecule has 1 N–H and O–H groups in total. The normalized spacial score (nSPS) is 20.1. The van der Waals surface area contributed by atoms with Crippen molar-refractivity contribution in [3.8, 4) is 0 Å². The summed E-state index contributed by atoms with van der Waals surface area (Å²) in [6.45, 7) is -5.80. The predicted molar refractivity (Wildman–Crippen MR) is 46.7 cm³/mol. The number of rotatable bonds is 2. The Kier molecular flexibility index (Phi) is 0.972. The second kappa shape index (κ2) is 3.39. The van der Waals surface area contributed by atoms with Crippen molar-refractivity contribution < 1.29 is 13.3 Å². The average molecular weight is 157 g/mol. The zero-order valence-corrected chi connectivity index (χ0v) is 5.91. The summed E-state index contributed by atoms with van der Waals surface area (Å²) in [5.74, 6) is 0. The Morgan fingerprint density at radius 2 is 2.36 bits per heavy atom. The maximum Gasteiger partial charge on any atom is 0.0682 e. The number of hydrogen-bond acceptors (Lipinski definition) is 2. The van der Waals surface area contributed by atoms with Crippen LogP contribution in [0.5, 0.6) is 0 Å². The fourth-order valence-electron chi connectivity index (χ4n) is 0.794. The molecule has 0 unspecified atom stereocenters. The molecule has 0 aromatic heterocycles. The first kappa shape index (κ1) is 3.15. The van der Waals surface area contributed by atoms with E-state index in [1.54, 1.807) is 6.07 Å². The van der Waals surface area contributed by atoms with E-state index in [-0.39, 0.29) is 12.3 Å². The van der Waals surface area contributed by atoms with E-state index in [0.717, 1.165) is 0 Å². The van der Waals surface area contributed by atoms with Gasteiger partial charge in [-0.05, 0) is 17.7 Å². The zero-order chi connectivity index (χ0) is 13.3. The SMILES string of the molecule is [2H]C([2H])([2H])N(c1cccc(CO)c1)C([2H])([2H])[2H]. The molecule has 2 nitrogen and oxygen atoms in total. The molecule has 1 aromatic rings. The van der Waals surface area contributed by atoms with Crippen molar-refractivity contribution in [3.05, 3.63) is 29.8 Å². The lowest BCUT2D eigenvalue weighted by atomic mass is 10.2. The van der Waals surface area contributed by atoms with E-state index in [1.165, 1.54) is 18.2 Å². The van der Waals surface area contributed by atoms with E-state index in [1.807, 2.05) is 0 Å². The standard InChI is InChI=1S/C9H13NO/c1-10(2)9-5-3-4-8(6-9)7-11/h3-6,11H,7H2,1-2H3/i1D3,2D3. The van der Waals surface area contributed by atoms with Gasteiger partial charge >= 0.3 is 0 Å². The highest BCUT2D eigenvalue weighted by Crippen LogP contribution is 2.12. The van der Waals surface area contributed by atoms with Gasteiger partial charge in [0.1, 0.15) is 0 Å². The molecule has 0 bridgehead atoms. The highest BCUT2D eigenvalue weighted by molar-refractivity contribution is 5.46. The quantitative estimate of drug-likeness (QED) is 0.698. The predicted octanol–water partition coefficient (Wildman–Crippen LogP) is 1.24. The summed E-state index contributed by atoms with van der Waals surface area (Å²) in [7, 11) is 0. The fourth-order valence-corrected chi connectivity index (χ4v) is 0.794. The van der Waals surface area contributed by atoms with Crippen molar-refractivity contribution in [2.24, 2.45) is 0 Å². The van der Waals surface area contributed by atoms with Crippen LogP contribution in [-0.4, -0.2) is 19.1 Å². The van der Waals surface area contributed by atoms with Gasteiger partial charge in [0.15, 0.2) is 0 Å². The summed E-state index contributed by atoms with van der Waals surface area (Å²) in [6.07, 6.45) is 0. The molecule has 0 saturated carbocycles. The van der Waals surface area contributed by atoms with Gasteiger partial charge < -0.3 is 10.0 Å². The van der Waals surface area contributed by atoms with Gasteiger partial charge in [0.25, 0.3) is 0 Å². The minimum absolute atomic E-state index is 0.0385. The van der Waals surface area contributed by atoms with Crippen molar-refractivity contribution in [2.45, 2.75) is 6.61 Å². The fraction of sp³-hybridized carbons (Fsp3) is 0.333. The number of aliphatic hydroxyl groups excluding tert-OH is 1. The molecule has 0 heterocycles. The maximum absolute atomic E-state index is 8.95. The lowest BCUT2D eigenvalue weighted by Gasteiger charge is -2.12. The van der Waals surface area contributed by atoms with Gasteiger partial charge in [0, 0.05) is 27.9 Å². The van der Waals surface area contributed by atoms with Crippen LogP contribution in [0.1, 0.15) is 13.8 Å². The van der Waals surface area contributed by atoms with E-state index < -0.39 is 14.0 Å². The van der Waals surface area contributed by atoms with Gasteiger partial charge in [-0.3, -0.25) is 0 Å². The molecule has 60 valence electrons. The summed E-state index contributed by atoms with van der Waals surface area (Å²) in [5.41, 5.74) is 0.498. The second-order valence-corrected chi connectivity index (χ2v) is 2.16. The Hall–Kier alpha value is -1.02. The highest BCUT2D eigenvalue weighted by atomic mass is 16.3. The molecule has 11 heavy (non-hydrogen) atoms. The molecule has 1 rings (SSSR count). The maximum atomic E-state index is 8.95. The van der Waals surface area contributed by atoms with Gasteiger partial charge in [0.05, 0.1) is 6.61 Å². The summed E-state index contributed by atoms with van der Waals surface area (Å²) < 4.78 is 43.5. The molecular weight excluding hydrogens is 138 g/mol. The van der Waals surface area contributed by atoms with E-state index in [0.29, 0.717) is 10.5 Å². The third-order valence-electron chi connectivity index (χ3n) is 1.35. The number of nitrogens with zero attached hydrogens (tertiary/aromatic N) is 1. The molecule has 0 spiro atoms. The first-order valence-electron chi connectivity index (χ1n) is 6.16. The summed E-state index contributed by atoms with van der Waals surface area (Å²) >= 11 is 0. The van der Waals surface area contributed by atoms with Crippen LogP contribution in [0.15, 0.2) is 24.3 Å². The third-order valence-corrected chi connectivity index (χ3v) is 1.35. The van der Waals surface area contributed by atoms with E-state index >= 15 is 0 Å². The Morgan fingerprint density at radius 3 is 3.00 bits per heavy atom. The van der Waals surface area contributed by atoms with Crippen LogP contribution in [0.25, 0.3) is 0 Å². The molecule has 1 aromatic carbocycles. The van der Waals surface area contributed by atoms with Crippen LogP contribution < -0.4 is 4.90 Å². The zero-order valence-electron chi connectivity index (χ0n) is 11.9. The molecule has 0 fully saturated rings. The van der Waals surface area contributed by atoms with Crippen molar-refractivity contribution >= 4 is 5.69 Å². The smallest absolute Gasteiger partial charge is 0.0682 e. The lowest BCUT2D eigenvalue weighted by Crippen LogP contribution is -2.08. The van der Waals surface area contributed by atoms with Crippen LogP contribution in [0.3, 0.4) is 0 Å². The molecule has 0 amide bonds. The molecule has 2 heteroatoms. The number of benzene rings is 1. The average Bonchev–Trinajstić information content (AvgIpc) is 2.13. The highest BCUT2D eigenvalue weighted by Gasteiger charge is 1.94. The molecule has 0 saturated heterocycles. The van der Waals surface area contributed by atoms with Gasteiger partial charge in [-0.15, -0.1) is 0 Å². The van der Waals surface area contributed by atoms with E-state index in [2.05, 4.69) is 0 Å². The van der Waals surface area contributed by atoms with Gasteiger partial charge in [-0.2, -0.15) is 0 Å². The van der Waals surface area contributed by atoms with Crippen LogP contribution in [-0.2, 0) is 6.61 Å². The Morgan fingerprint density at radius 1 is 1.55 bits per heavy atom. The van der Waals surface area contributed by atoms with Crippen molar-refractivity contribution in [1.82, 2.24) is 0 Å². The third kappa shape index (κ3) is 1.95. The van der Waals surface area contributed by atoms with Gasteiger partial charge in [-0.1, -0.05) is 12.1 Å². The number of hydrogen-bond donors (Lipinski definition) is 1. The van der Waals surface area contributed by atoms with Crippen LogP contribution >= 0.6 is 0 Å². The summed E-state index contributed by atoms with van der Waals surface area (Å²) in [6, 6.07) is 5.82. The summed E-state index contributed by atoms with van der Waals surface area (Å²) in [5, 5.41) is 8.95. The van der Waals surface area contributed by atoms with Crippen LogP contribution in [0, 0.1) is 0 Å². The molecule has 0 aliphatic rings. The van der Waals surface area contributed by atoms with Gasteiger partial charge in [-0.25, -0.2) is 0 Å². The molecule has 0 aliphatic carbocycles. The molecule has 0 aliphatic heterocycles.